The van der Waals surface area contributed by atoms with Crippen LogP contribution in [0.2, 0.25) is 0 Å². The molecule has 9 heteroatoms. The average molecular weight is 1060 g/mol. The molecule has 76 heavy (non-hydrogen) atoms. The molecule has 1 aliphatic rings. The zero-order chi connectivity index (χ0) is 55.0. The van der Waals surface area contributed by atoms with E-state index >= 15 is 0 Å². The molecule has 1 aliphatic heterocycles. The summed E-state index contributed by atoms with van der Waals surface area (Å²) in [5.41, 5.74) is 0. The molecule has 6 N–H and O–H groups in total. The second-order valence-corrected chi connectivity index (χ2v) is 21.1. The van der Waals surface area contributed by atoms with E-state index in [1.165, 1.54) is 141 Å². The molecule has 0 bridgehead atoms. The highest BCUT2D eigenvalue weighted by Crippen LogP contribution is 2.23. The number of aliphatic hydroxyl groups is 5. The lowest BCUT2D eigenvalue weighted by Gasteiger charge is -2.40. The van der Waals surface area contributed by atoms with E-state index in [1.54, 1.807) is 6.08 Å². The van der Waals surface area contributed by atoms with Gasteiger partial charge in [0.2, 0.25) is 5.91 Å². The number of amides is 1. The van der Waals surface area contributed by atoms with Gasteiger partial charge in [0.15, 0.2) is 6.29 Å². The maximum Gasteiger partial charge on any atom is 0.220 e. The highest BCUT2D eigenvalue weighted by Gasteiger charge is 2.44. The van der Waals surface area contributed by atoms with Gasteiger partial charge in [-0.3, -0.25) is 4.79 Å². The number of rotatable bonds is 52. The first kappa shape index (κ1) is 70.9. The van der Waals surface area contributed by atoms with Gasteiger partial charge < -0.3 is 40.3 Å². The first-order valence-corrected chi connectivity index (χ1v) is 31.1. The molecule has 0 aromatic carbocycles. The number of allylic oxidation sites excluding steroid dienone is 17. The molecule has 0 aromatic heterocycles. The molecule has 0 saturated carbocycles. The Kier molecular flexibility index (Phi) is 51.4. The van der Waals surface area contributed by atoms with Crippen LogP contribution in [0.5, 0.6) is 0 Å². The Morgan fingerprint density at radius 3 is 1.21 bits per heavy atom. The van der Waals surface area contributed by atoms with Crippen LogP contribution in [0.1, 0.15) is 251 Å². The Bertz CT molecular complexity index is 1560. The lowest BCUT2D eigenvalue weighted by molar-refractivity contribution is -0.302. The van der Waals surface area contributed by atoms with Crippen LogP contribution in [0, 0.1) is 0 Å². The number of hydrogen-bond acceptors (Lipinski definition) is 8. The lowest BCUT2D eigenvalue weighted by Crippen LogP contribution is -2.60. The Balaban J connectivity index is 2.26. The molecule has 436 valence electrons. The van der Waals surface area contributed by atoms with Gasteiger partial charge in [-0.25, -0.2) is 0 Å². The smallest absolute Gasteiger partial charge is 0.220 e. The van der Waals surface area contributed by atoms with Crippen molar-refractivity contribution in [1.29, 1.82) is 0 Å². The molecule has 7 atom stereocenters. The third kappa shape index (κ3) is 43.8. The molecule has 1 heterocycles. The molecular weight excluding hydrogens is 947 g/mol. The number of carbonyl (C=O) groups is 1. The molecule has 7 unspecified atom stereocenters. The fraction of sp³-hybridized carbons (Fsp3) is 0.716. The van der Waals surface area contributed by atoms with E-state index in [4.69, 9.17) is 9.47 Å². The van der Waals surface area contributed by atoms with Crippen LogP contribution in [0.25, 0.3) is 0 Å². The van der Waals surface area contributed by atoms with Crippen molar-refractivity contribution >= 4 is 5.91 Å². The Morgan fingerprint density at radius 1 is 0.461 bits per heavy atom. The summed E-state index contributed by atoms with van der Waals surface area (Å²) in [7, 11) is 0. The van der Waals surface area contributed by atoms with Crippen molar-refractivity contribution < 1.29 is 39.8 Å². The quantitative estimate of drug-likeness (QED) is 0.0261. The summed E-state index contributed by atoms with van der Waals surface area (Å²) in [6.07, 6.45) is 74.5. The van der Waals surface area contributed by atoms with Gasteiger partial charge >= 0.3 is 0 Å². The van der Waals surface area contributed by atoms with Crippen LogP contribution in [0.3, 0.4) is 0 Å². The minimum absolute atomic E-state index is 0.213. The second kappa shape index (κ2) is 55.2. The number of aliphatic hydroxyl groups excluding tert-OH is 5. The van der Waals surface area contributed by atoms with Gasteiger partial charge in [-0.15, -0.1) is 0 Å². The lowest BCUT2D eigenvalue weighted by atomic mass is 9.99. The van der Waals surface area contributed by atoms with Gasteiger partial charge in [-0.2, -0.15) is 0 Å². The molecule has 1 amide bonds. The minimum atomic E-state index is -1.58. The highest BCUT2D eigenvalue weighted by atomic mass is 16.7. The standard InChI is InChI=1S/C67H115NO8/c1-3-5-7-9-11-13-15-17-19-21-23-25-27-29-31-33-35-37-39-41-43-45-47-49-51-53-55-57-63(71)68-60(59-75-67-66(74)65(73)64(72)62(58-69)76-67)61(70)56-54-52-50-48-46-44-42-40-38-36-34-32-30-28-26-24-22-20-18-16-14-12-10-8-6-4-2/h5,7,11,13,17,19,23,25,29,31,35,37,41,43,47,49,54,56,60-62,64-67,69-70,72-74H,3-4,6,8-10,12,14-16,18,20-22,24,26-28,30,32-34,36,38-40,42,44-46,48,50-53,55,57-59H2,1-2H3,(H,68,71)/b7-5-,13-11-,19-17-,25-23-,31-29-,37-35-,43-41-,49-47-,56-54+. The van der Waals surface area contributed by atoms with Crippen LogP contribution in [0.4, 0.5) is 0 Å². The first-order chi connectivity index (χ1) is 37.3. The van der Waals surface area contributed by atoms with Crippen molar-refractivity contribution in [3.63, 3.8) is 0 Å². The Morgan fingerprint density at radius 2 is 0.816 bits per heavy atom. The molecule has 0 aromatic rings. The fourth-order valence-electron chi connectivity index (χ4n) is 9.23. The van der Waals surface area contributed by atoms with Gasteiger partial charge in [-0.05, 0) is 83.5 Å². The van der Waals surface area contributed by atoms with Crippen molar-refractivity contribution in [3.05, 3.63) is 109 Å². The third-order valence-corrected chi connectivity index (χ3v) is 14.1. The summed E-state index contributed by atoms with van der Waals surface area (Å²) < 4.78 is 11.3. The Hall–Kier alpha value is -3.15. The fourth-order valence-corrected chi connectivity index (χ4v) is 9.23. The van der Waals surface area contributed by atoms with E-state index in [0.29, 0.717) is 6.42 Å². The molecule has 1 saturated heterocycles. The molecule has 0 spiro atoms. The largest absolute Gasteiger partial charge is 0.394 e. The summed E-state index contributed by atoms with van der Waals surface area (Å²) in [5, 5.41) is 54.6. The Labute approximate surface area is 466 Å². The van der Waals surface area contributed by atoms with E-state index in [9.17, 15) is 30.3 Å². The van der Waals surface area contributed by atoms with Gasteiger partial charge in [0.05, 0.1) is 25.4 Å². The van der Waals surface area contributed by atoms with Crippen molar-refractivity contribution in [2.75, 3.05) is 13.2 Å². The second-order valence-electron chi connectivity index (χ2n) is 21.1. The van der Waals surface area contributed by atoms with Crippen LogP contribution >= 0.6 is 0 Å². The van der Waals surface area contributed by atoms with Crippen LogP contribution in [0.15, 0.2) is 109 Å². The zero-order valence-electron chi connectivity index (χ0n) is 48.5. The van der Waals surface area contributed by atoms with Crippen molar-refractivity contribution in [3.8, 4) is 0 Å². The number of carbonyl (C=O) groups excluding carboxylic acids is 1. The van der Waals surface area contributed by atoms with Crippen LogP contribution in [-0.4, -0.2) is 87.5 Å². The summed E-state index contributed by atoms with van der Waals surface area (Å²) in [4.78, 5) is 13.1. The van der Waals surface area contributed by atoms with Gasteiger partial charge in [-0.1, -0.05) is 271 Å². The van der Waals surface area contributed by atoms with Gasteiger partial charge in [0.25, 0.3) is 0 Å². The molecule has 9 nitrogen and oxygen atoms in total. The zero-order valence-corrected chi connectivity index (χ0v) is 48.5. The molecule has 0 radical (unpaired) electrons. The van der Waals surface area contributed by atoms with Gasteiger partial charge in [0.1, 0.15) is 24.4 Å². The maximum absolute atomic E-state index is 13.1. The first-order valence-electron chi connectivity index (χ1n) is 31.1. The maximum atomic E-state index is 13.1. The average Bonchev–Trinajstić information content (AvgIpc) is 3.42. The minimum Gasteiger partial charge on any atom is -0.394 e. The summed E-state index contributed by atoms with van der Waals surface area (Å²) in [6.45, 7) is 3.65. The van der Waals surface area contributed by atoms with E-state index in [-0.39, 0.29) is 18.9 Å². The highest BCUT2D eigenvalue weighted by molar-refractivity contribution is 5.76. The predicted molar refractivity (Wildman–Crippen MR) is 322 cm³/mol. The molecular formula is C67H115NO8. The number of nitrogens with one attached hydrogen (secondary N) is 1. The van der Waals surface area contributed by atoms with Crippen molar-refractivity contribution in [1.82, 2.24) is 5.32 Å². The van der Waals surface area contributed by atoms with Crippen molar-refractivity contribution in [2.45, 2.75) is 294 Å². The number of ether oxygens (including phenoxy) is 2. The summed E-state index contributed by atoms with van der Waals surface area (Å²) in [6, 6.07) is -0.838. The van der Waals surface area contributed by atoms with E-state index < -0.39 is 49.5 Å². The van der Waals surface area contributed by atoms with E-state index in [0.717, 1.165) is 83.5 Å². The summed E-state index contributed by atoms with van der Waals surface area (Å²) in [5.74, 6) is -0.221. The van der Waals surface area contributed by atoms with Crippen molar-refractivity contribution in [2.24, 2.45) is 0 Å². The summed E-state index contributed by atoms with van der Waals surface area (Å²) >= 11 is 0. The number of hydrogen-bond donors (Lipinski definition) is 6. The normalized spacial score (nSPS) is 19.6. The number of unbranched alkanes of at least 4 members (excludes halogenated alkanes) is 26. The van der Waals surface area contributed by atoms with Gasteiger partial charge in [0, 0.05) is 6.42 Å². The van der Waals surface area contributed by atoms with E-state index in [2.05, 4.69) is 116 Å². The topological polar surface area (TPSA) is 149 Å². The molecule has 1 rings (SSSR count). The van der Waals surface area contributed by atoms with E-state index in [1.807, 2.05) is 6.08 Å². The monoisotopic (exact) mass is 1060 g/mol. The third-order valence-electron chi connectivity index (χ3n) is 14.1. The van der Waals surface area contributed by atoms with Crippen LogP contribution < -0.4 is 5.32 Å². The molecule has 0 aliphatic carbocycles. The predicted octanol–water partition coefficient (Wildman–Crippen LogP) is 16.1. The SMILES string of the molecule is CC/C=C\C/C=C\C/C=C\C/C=C\C/C=C\C/C=C\C/C=C\C/C=C\CCCCC(=O)NC(COC1OC(CO)C(O)C(O)C1O)C(O)/C=C/CCCCCCCCCCCCCCCCCCCCCCCCCC. The van der Waals surface area contributed by atoms with Crippen LogP contribution in [-0.2, 0) is 14.3 Å². The molecule has 1 fully saturated rings.